The Labute approximate surface area is 160 Å². The second-order valence-corrected chi connectivity index (χ2v) is 21.0. The van der Waals surface area contributed by atoms with Crippen molar-refractivity contribution in [3.05, 3.63) is 9.85 Å². The molecule has 0 atom stereocenters. The van der Waals surface area contributed by atoms with Gasteiger partial charge in [0, 0.05) is 0 Å². The van der Waals surface area contributed by atoms with Gasteiger partial charge in [-0.1, -0.05) is 0 Å². The summed E-state index contributed by atoms with van der Waals surface area (Å²) in [6.45, 7) is 9.37. The molecule has 24 heavy (non-hydrogen) atoms. The van der Waals surface area contributed by atoms with Crippen LogP contribution in [-0.4, -0.2) is 28.9 Å². The maximum absolute atomic E-state index is 6.23. The fourth-order valence-electron chi connectivity index (χ4n) is 3.79. The Balaban J connectivity index is 4.96. The third kappa shape index (κ3) is 10.5. The van der Waals surface area contributed by atoms with Crippen LogP contribution in [0.4, 0.5) is 0 Å². The molecule has 0 aliphatic heterocycles. The van der Waals surface area contributed by atoms with E-state index in [1.165, 1.54) is 90.4 Å². The van der Waals surface area contributed by atoms with Gasteiger partial charge in [-0.25, -0.2) is 0 Å². The molecule has 0 saturated heterocycles. The molecular formula is C21H46OSiSn. The van der Waals surface area contributed by atoms with E-state index >= 15 is 0 Å². The van der Waals surface area contributed by atoms with E-state index < -0.39 is 18.4 Å². The molecule has 144 valence electrons. The van der Waals surface area contributed by atoms with Crippen LogP contribution in [0.5, 0.6) is 0 Å². The molecule has 0 N–H and O–H groups in total. The van der Waals surface area contributed by atoms with Gasteiger partial charge in [0.05, 0.1) is 0 Å². The van der Waals surface area contributed by atoms with Crippen LogP contribution in [0.2, 0.25) is 13.3 Å². The minimum absolute atomic E-state index is 0.883. The summed E-state index contributed by atoms with van der Waals surface area (Å²) in [5.74, 6) is 0. The summed E-state index contributed by atoms with van der Waals surface area (Å²) in [5.41, 5.74) is 0. The number of hydrogen-bond acceptors (Lipinski definition) is 1. The SMILES string of the molecule is CCCCCCCC=[C](O[SiH3])[Sn]([CH2]CCC)([CH2]CCC)[CH2]CCC. The van der Waals surface area contributed by atoms with Crippen LogP contribution in [0.3, 0.4) is 0 Å². The summed E-state index contributed by atoms with van der Waals surface area (Å²) in [6, 6.07) is 0. The molecule has 0 aliphatic rings. The van der Waals surface area contributed by atoms with Crippen molar-refractivity contribution in [2.24, 2.45) is 0 Å². The van der Waals surface area contributed by atoms with Crippen molar-refractivity contribution in [2.45, 2.75) is 118 Å². The normalized spacial score (nSPS) is 12.8. The van der Waals surface area contributed by atoms with Gasteiger partial charge in [0.1, 0.15) is 0 Å². The zero-order chi connectivity index (χ0) is 18.1. The molecule has 0 aromatic rings. The first-order chi connectivity index (χ1) is 11.7. The van der Waals surface area contributed by atoms with Gasteiger partial charge in [-0.15, -0.1) is 0 Å². The monoisotopic (exact) mass is 462 g/mol. The Morgan fingerprint density at radius 3 is 1.58 bits per heavy atom. The average molecular weight is 461 g/mol. The average Bonchev–Trinajstić information content (AvgIpc) is 2.61. The van der Waals surface area contributed by atoms with Gasteiger partial charge >= 0.3 is 161 Å². The van der Waals surface area contributed by atoms with Crippen LogP contribution in [0.1, 0.15) is 105 Å². The first-order valence-electron chi connectivity index (χ1n) is 10.9. The molecule has 3 heteroatoms. The molecule has 0 bridgehead atoms. The summed E-state index contributed by atoms with van der Waals surface area (Å²) in [7, 11) is 0.883. The van der Waals surface area contributed by atoms with Crippen molar-refractivity contribution >= 4 is 28.9 Å². The van der Waals surface area contributed by atoms with E-state index in [1.54, 1.807) is 3.78 Å². The fourth-order valence-corrected chi connectivity index (χ4v) is 22.8. The van der Waals surface area contributed by atoms with Gasteiger partial charge in [0.2, 0.25) is 0 Å². The third-order valence-electron chi connectivity index (χ3n) is 5.41. The topological polar surface area (TPSA) is 9.23 Å². The Morgan fingerprint density at radius 2 is 1.17 bits per heavy atom. The van der Waals surface area contributed by atoms with Crippen LogP contribution < -0.4 is 0 Å². The molecule has 0 unspecified atom stereocenters. The fraction of sp³-hybridized carbons (Fsp3) is 0.905. The summed E-state index contributed by atoms with van der Waals surface area (Å²) in [4.78, 5) is 0. The molecule has 0 fully saturated rings. The molecule has 0 amide bonds. The maximum atomic E-state index is 6.23. The predicted molar refractivity (Wildman–Crippen MR) is 117 cm³/mol. The van der Waals surface area contributed by atoms with Crippen LogP contribution in [0.25, 0.3) is 0 Å². The molecule has 0 saturated carbocycles. The Hall–Kier alpha value is 0.556. The Bertz CT molecular complexity index is 282. The van der Waals surface area contributed by atoms with E-state index in [1.807, 2.05) is 0 Å². The summed E-state index contributed by atoms with van der Waals surface area (Å²) >= 11 is -2.28. The van der Waals surface area contributed by atoms with Crippen LogP contribution in [0.15, 0.2) is 9.85 Å². The molecule has 1 nitrogen and oxygen atoms in total. The zero-order valence-electron chi connectivity index (χ0n) is 17.6. The number of rotatable bonds is 17. The van der Waals surface area contributed by atoms with E-state index in [-0.39, 0.29) is 0 Å². The van der Waals surface area contributed by atoms with Gasteiger partial charge < -0.3 is 0 Å². The van der Waals surface area contributed by atoms with Crippen molar-refractivity contribution in [3.63, 3.8) is 0 Å². The molecule has 0 aromatic heterocycles. The third-order valence-corrected chi connectivity index (χ3v) is 22.4. The standard InChI is InChI=1S/C9H19OSi.3C4H9.Sn/c1-2-3-4-5-6-7-8-9-10-11;3*1-3-4-2;/h8H,2-7H2,1,11H3;3*1,3-4H2,2H3;. The van der Waals surface area contributed by atoms with Crippen molar-refractivity contribution < 1.29 is 4.43 Å². The van der Waals surface area contributed by atoms with E-state index in [4.69, 9.17) is 4.43 Å². The second-order valence-electron chi connectivity index (χ2n) is 7.57. The minimum atomic E-state index is -2.28. The Morgan fingerprint density at radius 1 is 0.708 bits per heavy atom. The van der Waals surface area contributed by atoms with E-state index in [9.17, 15) is 0 Å². The van der Waals surface area contributed by atoms with Crippen LogP contribution in [0, 0.1) is 0 Å². The molecule has 0 radical (unpaired) electrons. The summed E-state index contributed by atoms with van der Waals surface area (Å²) in [5, 5.41) is 0. The number of unbranched alkanes of at least 4 members (excludes halogenated alkanes) is 8. The van der Waals surface area contributed by atoms with Gasteiger partial charge in [0.25, 0.3) is 0 Å². The zero-order valence-corrected chi connectivity index (χ0v) is 22.4. The number of hydrogen-bond donors (Lipinski definition) is 0. The van der Waals surface area contributed by atoms with Crippen molar-refractivity contribution in [1.29, 1.82) is 0 Å². The molecule has 0 aromatic carbocycles. The van der Waals surface area contributed by atoms with E-state index in [2.05, 4.69) is 33.8 Å². The van der Waals surface area contributed by atoms with Gasteiger partial charge in [0.15, 0.2) is 0 Å². The van der Waals surface area contributed by atoms with Gasteiger partial charge in [-0.05, 0) is 0 Å². The van der Waals surface area contributed by atoms with Gasteiger partial charge in [-0.2, -0.15) is 0 Å². The second kappa shape index (κ2) is 17.0. The molecule has 0 heterocycles. The molecule has 0 aliphatic carbocycles. The Kier molecular flexibility index (Phi) is 17.4. The summed E-state index contributed by atoms with van der Waals surface area (Å²) in [6.07, 6.45) is 19.1. The van der Waals surface area contributed by atoms with E-state index in [0.29, 0.717) is 0 Å². The quantitative estimate of drug-likeness (QED) is 0.130. The molecule has 0 rings (SSSR count). The van der Waals surface area contributed by atoms with Crippen molar-refractivity contribution in [3.8, 4) is 0 Å². The van der Waals surface area contributed by atoms with Crippen molar-refractivity contribution in [1.82, 2.24) is 0 Å². The van der Waals surface area contributed by atoms with Crippen LogP contribution in [-0.2, 0) is 4.43 Å². The predicted octanol–water partition coefficient (Wildman–Crippen LogP) is 6.92. The first kappa shape index (κ1) is 24.6. The number of allylic oxidation sites excluding steroid dienone is 1. The van der Waals surface area contributed by atoms with E-state index in [0.717, 1.165) is 10.5 Å². The first-order valence-corrected chi connectivity index (χ1v) is 19.2. The van der Waals surface area contributed by atoms with Crippen LogP contribution >= 0.6 is 0 Å². The molecule has 0 spiro atoms. The summed E-state index contributed by atoms with van der Waals surface area (Å²) < 4.78 is 12.4. The van der Waals surface area contributed by atoms with Gasteiger partial charge in [-0.3, -0.25) is 0 Å². The molecular weight excluding hydrogens is 415 g/mol. The van der Waals surface area contributed by atoms with Crippen molar-refractivity contribution in [2.75, 3.05) is 0 Å².